The Kier molecular flexibility index (Phi) is 8.85. The van der Waals surface area contributed by atoms with E-state index in [0.29, 0.717) is 12.6 Å². The fourth-order valence-corrected chi connectivity index (χ4v) is 3.11. The molecule has 0 aromatic heterocycles. The lowest BCUT2D eigenvalue weighted by Crippen LogP contribution is -2.41. The van der Waals surface area contributed by atoms with Crippen LogP contribution in [0, 0.1) is 0 Å². The van der Waals surface area contributed by atoms with Crippen molar-refractivity contribution >= 4 is 29.9 Å². The molecule has 0 amide bonds. The van der Waals surface area contributed by atoms with Gasteiger partial charge in [-0.3, -0.25) is 4.99 Å². The Morgan fingerprint density at radius 1 is 1.29 bits per heavy atom. The number of nitrogens with one attached hydrogen (secondary N) is 2. The van der Waals surface area contributed by atoms with Crippen molar-refractivity contribution < 1.29 is 14.6 Å². The highest BCUT2D eigenvalue weighted by Crippen LogP contribution is 2.31. The van der Waals surface area contributed by atoms with Crippen molar-refractivity contribution in [3.8, 4) is 11.5 Å². The summed E-state index contributed by atoms with van der Waals surface area (Å²) in [5, 5.41) is 17.2. The monoisotopic (exact) mass is 497 g/mol. The van der Waals surface area contributed by atoms with Crippen LogP contribution in [0.3, 0.4) is 0 Å². The molecule has 0 fully saturated rings. The van der Waals surface area contributed by atoms with Gasteiger partial charge in [-0.1, -0.05) is 30.3 Å². The minimum atomic E-state index is -0.697. The number of methoxy groups -OCH3 is 1. The molecule has 1 aliphatic rings. The third kappa shape index (κ3) is 5.75. The first-order valence-corrected chi connectivity index (χ1v) is 9.30. The first-order valence-electron chi connectivity index (χ1n) is 9.30. The van der Waals surface area contributed by atoms with Crippen molar-refractivity contribution in [1.82, 2.24) is 10.6 Å². The van der Waals surface area contributed by atoms with E-state index in [1.807, 2.05) is 49.4 Å². The summed E-state index contributed by atoms with van der Waals surface area (Å²) in [6.45, 7) is 3.69. The van der Waals surface area contributed by atoms with Crippen molar-refractivity contribution in [1.29, 1.82) is 0 Å². The van der Waals surface area contributed by atoms with Crippen molar-refractivity contribution in [2.45, 2.75) is 25.5 Å². The maximum absolute atomic E-state index is 10.5. The van der Waals surface area contributed by atoms with Gasteiger partial charge in [-0.25, -0.2) is 0 Å². The molecule has 2 unspecified atom stereocenters. The van der Waals surface area contributed by atoms with E-state index in [-0.39, 0.29) is 36.6 Å². The molecule has 28 heavy (non-hydrogen) atoms. The Morgan fingerprint density at radius 2 is 2.11 bits per heavy atom. The number of hydrogen-bond acceptors (Lipinski definition) is 4. The SMILES string of the molecule is CCNC(=NCC(O)c1cccc(OC)c1)NC1CCOc2ccccc21.I. The summed E-state index contributed by atoms with van der Waals surface area (Å²) in [5.74, 6) is 2.31. The zero-order chi connectivity index (χ0) is 19.1. The molecule has 2 atom stereocenters. The molecule has 1 heterocycles. The van der Waals surface area contributed by atoms with E-state index in [1.165, 1.54) is 0 Å². The van der Waals surface area contributed by atoms with Crippen LogP contribution in [0.4, 0.5) is 0 Å². The predicted octanol–water partition coefficient (Wildman–Crippen LogP) is 3.43. The van der Waals surface area contributed by atoms with E-state index in [9.17, 15) is 5.11 Å². The number of aliphatic imine (C=N–C) groups is 1. The number of aliphatic hydroxyl groups excluding tert-OH is 1. The van der Waals surface area contributed by atoms with Gasteiger partial charge >= 0.3 is 0 Å². The second kappa shape index (κ2) is 11.1. The molecule has 6 nitrogen and oxygen atoms in total. The summed E-state index contributed by atoms with van der Waals surface area (Å²) in [5.41, 5.74) is 1.91. The van der Waals surface area contributed by atoms with Gasteiger partial charge in [-0.2, -0.15) is 0 Å². The topological polar surface area (TPSA) is 75.1 Å². The normalized spacial score (nSPS) is 16.8. The number of aliphatic hydroxyl groups is 1. The van der Waals surface area contributed by atoms with Crippen molar-refractivity contribution in [2.24, 2.45) is 4.99 Å². The zero-order valence-electron chi connectivity index (χ0n) is 16.2. The fraction of sp³-hybridized carbons (Fsp3) is 0.381. The van der Waals surface area contributed by atoms with Gasteiger partial charge in [0.05, 0.1) is 32.4 Å². The van der Waals surface area contributed by atoms with Crippen LogP contribution in [0.1, 0.15) is 36.6 Å². The highest BCUT2D eigenvalue weighted by atomic mass is 127. The summed E-state index contributed by atoms with van der Waals surface area (Å²) in [6, 6.07) is 15.6. The maximum atomic E-state index is 10.5. The standard InChI is InChI=1S/C21H27N3O3.HI/c1-3-22-21(23-14-19(25)15-7-6-8-16(13-15)26-2)24-18-11-12-27-20-10-5-4-9-17(18)20;/h4-10,13,18-19,25H,3,11-12,14H2,1-2H3,(H2,22,23,24);1H. The van der Waals surface area contributed by atoms with Crippen molar-refractivity contribution in [3.63, 3.8) is 0 Å². The molecule has 0 saturated heterocycles. The first kappa shape index (κ1) is 22.3. The second-order valence-electron chi connectivity index (χ2n) is 6.38. The van der Waals surface area contributed by atoms with Gasteiger partial charge < -0.3 is 25.2 Å². The largest absolute Gasteiger partial charge is 0.497 e. The Labute approximate surface area is 183 Å². The van der Waals surface area contributed by atoms with Crippen LogP contribution in [0.15, 0.2) is 53.5 Å². The molecule has 3 N–H and O–H groups in total. The summed E-state index contributed by atoms with van der Waals surface area (Å²) >= 11 is 0. The van der Waals surface area contributed by atoms with E-state index < -0.39 is 6.10 Å². The molecule has 0 spiro atoms. The number of rotatable bonds is 6. The summed E-state index contributed by atoms with van der Waals surface area (Å²) in [6.07, 6.45) is 0.164. The predicted molar refractivity (Wildman–Crippen MR) is 122 cm³/mol. The fourth-order valence-electron chi connectivity index (χ4n) is 3.11. The van der Waals surface area contributed by atoms with Crippen molar-refractivity contribution in [2.75, 3.05) is 26.8 Å². The Morgan fingerprint density at radius 3 is 2.89 bits per heavy atom. The average molecular weight is 497 g/mol. The number of ether oxygens (including phenoxy) is 2. The van der Waals surface area contributed by atoms with E-state index in [0.717, 1.165) is 35.6 Å². The lowest BCUT2D eigenvalue weighted by molar-refractivity contribution is 0.186. The Balaban J connectivity index is 0.00000280. The number of benzene rings is 2. The molecule has 7 heteroatoms. The maximum Gasteiger partial charge on any atom is 0.191 e. The Hall–Kier alpha value is -2.00. The molecule has 152 valence electrons. The van der Waals surface area contributed by atoms with E-state index >= 15 is 0 Å². The van der Waals surface area contributed by atoms with Gasteiger partial charge in [0.2, 0.25) is 0 Å². The molecule has 0 bridgehead atoms. The molecule has 0 aliphatic carbocycles. The molecule has 3 rings (SSSR count). The number of fused-ring (bicyclic) bond motifs is 1. The van der Waals surface area contributed by atoms with Crippen LogP contribution in [-0.2, 0) is 0 Å². The first-order chi connectivity index (χ1) is 13.2. The van der Waals surface area contributed by atoms with Crippen molar-refractivity contribution in [3.05, 3.63) is 59.7 Å². The quantitative estimate of drug-likeness (QED) is 0.324. The molecule has 2 aromatic carbocycles. The number of para-hydroxylation sites is 1. The van der Waals surface area contributed by atoms with Gasteiger partial charge in [-0.05, 0) is 30.7 Å². The lowest BCUT2D eigenvalue weighted by Gasteiger charge is -2.28. The van der Waals surface area contributed by atoms with E-state index in [4.69, 9.17) is 9.47 Å². The molecular formula is C21H28IN3O3. The molecule has 0 saturated carbocycles. The molecule has 0 radical (unpaired) electrons. The number of nitrogens with zero attached hydrogens (tertiary/aromatic N) is 1. The minimum Gasteiger partial charge on any atom is -0.497 e. The smallest absolute Gasteiger partial charge is 0.191 e. The zero-order valence-corrected chi connectivity index (χ0v) is 18.6. The summed E-state index contributed by atoms with van der Waals surface area (Å²) < 4.78 is 10.9. The van der Waals surface area contributed by atoms with Crippen LogP contribution in [0.25, 0.3) is 0 Å². The van der Waals surface area contributed by atoms with Crippen LogP contribution < -0.4 is 20.1 Å². The highest BCUT2D eigenvalue weighted by Gasteiger charge is 2.22. The molecule has 1 aliphatic heterocycles. The van der Waals surface area contributed by atoms with E-state index in [2.05, 4.69) is 21.7 Å². The van der Waals surface area contributed by atoms with Crippen LogP contribution in [0.5, 0.6) is 11.5 Å². The van der Waals surface area contributed by atoms with Gasteiger partial charge in [0.25, 0.3) is 0 Å². The minimum absolute atomic E-state index is 0. The van der Waals surface area contributed by atoms with Gasteiger partial charge in [-0.15, -0.1) is 24.0 Å². The van der Waals surface area contributed by atoms with Gasteiger partial charge in [0.1, 0.15) is 11.5 Å². The number of guanidine groups is 1. The second-order valence-corrected chi connectivity index (χ2v) is 6.38. The number of hydrogen-bond donors (Lipinski definition) is 3. The Bertz CT molecular complexity index is 785. The van der Waals surface area contributed by atoms with E-state index in [1.54, 1.807) is 7.11 Å². The van der Waals surface area contributed by atoms with Gasteiger partial charge in [0.15, 0.2) is 5.96 Å². The van der Waals surface area contributed by atoms with Crippen LogP contribution >= 0.6 is 24.0 Å². The molecular weight excluding hydrogens is 469 g/mol. The average Bonchev–Trinajstić information content (AvgIpc) is 2.72. The summed E-state index contributed by atoms with van der Waals surface area (Å²) in [7, 11) is 1.61. The summed E-state index contributed by atoms with van der Waals surface area (Å²) in [4.78, 5) is 4.58. The number of halogens is 1. The third-order valence-corrected chi connectivity index (χ3v) is 4.51. The van der Waals surface area contributed by atoms with Gasteiger partial charge in [0, 0.05) is 18.5 Å². The lowest BCUT2D eigenvalue weighted by atomic mass is 10.0. The highest BCUT2D eigenvalue weighted by molar-refractivity contribution is 14.0. The van der Waals surface area contributed by atoms with Crippen LogP contribution in [0.2, 0.25) is 0 Å². The van der Waals surface area contributed by atoms with Crippen LogP contribution in [-0.4, -0.2) is 37.9 Å². The third-order valence-electron chi connectivity index (χ3n) is 4.51. The molecule has 2 aromatic rings.